The van der Waals surface area contributed by atoms with Crippen molar-refractivity contribution >= 4 is 11.9 Å². The van der Waals surface area contributed by atoms with Crippen LogP contribution >= 0.6 is 0 Å². The number of rotatable bonds is 3. The third-order valence-corrected chi connectivity index (χ3v) is 4.63. The van der Waals surface area contributed by atoms with Crippen LogP contribution in [0.25, 0.3) is 0 Å². The number of carbonyl (C=O) groups is 2. The lowest BCUT2D eigenvalue weighted by molar-refractivity contribution is -0.122. The Morgan fingerprint density at radius 3 is 2.20 bits per heavy atom. The second-order valence-corrected chi connectivity index (χ2v) is 6.20. The van der Waals surface area contributed by atoms with Crippen molar-refractivity contribution < 1.29 is 14.3 Å². The van der Waals surface area contributed by atoms with E-state index in [0.29, 0.717) is 18.3 Å². The van der Waals surface area contributed by atoms with Crippen molar-refractivity contribution in [1.29, 1.82) is 0 Å². The van der Waals surface area contributed by atoms with E-state index in [2.05, 4.69) is 11.9 Å². The molecule has 1 heterocycles. The maximum atomic E-state index is 12.0. The van der Waals surface area contributed by atoms with E-state index in [1.807, 2.05) is 0 Å². The third-order valence-electron chi connectivity index (χ3n) is 4.63. The molecule has 0 aromatic heterocycles. The van der Waals surface area contributed by atoms with Crippen molar-refractivity contribution in [2.45, 2.75) is 32.6 Å². The lowest BCUT2D eigenvalue weighted by Crippen LogP contribution is -2.47. The van der Waals surface area contributed by atoms with Gasteiger partial charge < -0.3 is 14.5 Å². The average Bonchev–Trinajstić information content (AvgIpc) is 2.46. The minimum absolute atomic E-state index is 0.174. The molecule has 0 bridgehead atoms. The molecule has 0 aromatic carbocycles. The van der Waals surface area contributed by atoms with Gasteiger partial charge >= 0.3 is 6.09 Å². The summed E-state index contributed by atoms with van der Waals surface area (Å²) < 4.78 is 5.44. The topological polar surface area (TPSA) is 49.9 Å². The van der Waals surface area contributed by atoms with Crippen LogP contribution in [0, 0.1) is 11.8 Å². The average molecular weight is 282 g/mol. The van der Waals surface area contributed by atoms with Crippen LogP contribution < -0.4 is 0 Å². The fraction of sp³-hybridized carbons (Fsp3) is 0.867. The molecular weight excluding hydrogens is 256 g/mol. The summed E-state index contributed by atoms with van der Waals surface area (Å²) in [4.78, 5) is 27.3. The van der Waals surface area contributed by atoms with Crippen LogP contribution in [0.2, 0.25) is 0 Å². The maximum Gasteiger partial charge on any atom is 0.409 e. The number of nitrogens with zero attached hydrogens (tertiary/aromatic N) is 2. The van der Waals surface area contributed by atoms with E-state index in [1.165, 1.54) is 0 Å². The highest BCUT2D eigenvalue weighted by molar-refractivity contribution is 5.78. The molecule has 1 saturated carbocycles. The van der Waals surface area contributed by atoms with E-state index < -0.39 is 0 Å². The normalized spacial score (nSPS) is 28.2. The predicted molar refractivity (Wildman–Crippen MR) is 76.5 cm³/mol. The van der Waals surface area contributed by atoms with Crippen LogP contribution in [-0.2, 0) is 9.53 Å². The number of hydrogen-bond acceptors (Lipinski definition) is 4. The first-order chi connectivity index (χ1) is 9.56. The largest absolute Gasteiger partial charge is 0.449 e. The van der Waals surface area contributed by atoms with Gasteiger partial charge in [-0.3, -0.25) is 4.79 Å². The highest BCUT2D eigenvalue weighted by atomic mass is 16.6. The molecule has 2 rings (SSSR count). The Morgan fingerprint density at radius 2 is 1.65 bits per heavy atom. The van der Waals surface area contributed by atoms with Crippen molar-refractivity contribution in [2.24, 2.45) is 11.8 Å². The number of Topliss-reactive ketones (excluding diaryl/α,β-unsaturated/α-hetero) is 1. The van der Waals surface area contributed by atoms with E-state index in [-0.39, 0.29) is 12.0 Å². The Morgan fingerprint density at radius 1 is 1.05 bits per heavy atom. The fourth-order valence-corrected chi connectivity index (χ4v) is 3.01. The number of carbonyl (C=O) groups excluding carboxylic acids is 2. The molecule has 0 aromatic rings. The van der Waals surface area contributed by atoms with Gasteiger partial charge in [-0.25, -0.2) is 4.79 Å². The molecular formula is C15H26N2O3. The van der Waals surface area contributed by atoms with E-state index in [4.69, 9.17) is 4.74 Å². The maximum absolute atomic E-state index is 12.0. The molecule has 2 fully saturated rings. The van der Waals surface area contributed by atoms with E-state index in [9.17, 15) is 9.59 Å². The zero-order valence-electron chi connectivity index (χ0n) is 12.6. The zero-order valence-corrected chi connectivity index (χ0v) is 12.6. The first kappa shape index (κ1) is 15.3. The summed E-state index contributed by atoms with van der Waals surface area (Å²) in [6.45, 7) is 5.53. The lowest BCUT2D eigenvalue weighted by atomic mass is 9.81. The summed E-state index contributed by atoms with van der Waals surface area (Å²) >= 11 is 0. The van der Waals surface area contributed by atoms with Crippen molar-refractivity contribution in [2.75, 3.05) is 39.8 Å². The quantitative estimate of drug-likeness (QED) is 0.791. The molecule has 0 N–H and O–H groups in total. The smallest absolute Gasteiger partial charge is 0.409 e. The number of likely N-dealkylation sites (N-methyl/N-ethyl adjacent to an activating group) is 1. The Hall–Kier alpha value is -1.10. The first-order valence-corrected chi connectivity index (χ1v) is 7.67. The van der Waals surface area contributed by atoms with Crippen molar-refractivity contribution in [1.82, 2.24) is 9.80 Å². The molecule has 5 heteroatoms. The van der Waals surface area contributed by atoms with Gasteiger partial charge in [0.25, 0.3) is 0 Å². The summed E-state index contributed by atoms with van der Waals surface area (Å²) in [5.41, 5.74) is 0. The Labute approximate surface area is 121 Å². The zero-order chi connectivity index (χ0) is 14.5. The molecule has 1 aliphatic carbocycles. The van der Waals surface area contributed by atoms with Crippen LogP contribution in [-0.4, -0.2) is 61.5 Å². The van der Waals surface area contributed by atoms with Crippen molar-refractivity contribution in [3.05, 3.63) is 0 Å². The Bertz CT molecular complexity index is 343. The van der Waals surface area contributed by atoms with Gasteiger partial charge in [0.15, 0.2) is 0 Å². The van der Waals surface area contributed by atoms with Crippen molar-refractivity contribution in [3.8, 4) is 0 Å². The van der Waals surface area contributed by atoms with Gasteiger partial charge in [0, 0.05) is 32.1 Å². The summed E-state index contributed by atoms with van der Waals surface area (Å²) in [6.07, 6.45) is 3.73. The number of hydrogen-bond donors (Lipinski definition) is 0. The summed E-state index contributed by atoms with van der Waals surface area (Å²) in [5, 5.41) is 0. The predicted octanol–water partition coefficient (Wildman–Crippen LogP) is 1.77. The summed E-state index contributed by atoms with van der Waals surface area (Å²) in [7, 11) is 2.07. The highest BCUT2D eigenvalue weighted by Crippen LogP contribution is 2.29. The number of ether oxygens (including phenoxy) is 1. The second kappa shape index (κ2) is 7.07. The molecule has 1 amide bonds. The molecule has 114 valence electrons. The van der Waals surface area contributed by atoms with Crippen LogP contribution in [0.15, 0.2) is 0 Å². The highest BCUT2D eigenvalue weighted by Gasteiger charge is 2.26. The standard InChI is InChI=1S/C15H26N2O3/c1-12(18)14-5-3-13(4-6-14)11-20-15(19)17-9-7-16(2)8-10-17/h13-14H,3-11H2,1-2H3. The van der Waals surface area contributed by atoms with E-state index in [0.717, 1.165) is 51.9 Å². The van der Waals surface area contributed by atoms with Crippen LogP contribution in [0.3, 0.4) is 0 Å². The van der Waals surface area contributed by atoms with E-state index in [1.54, 1.807) is 11.8 Å². The molecule has 1 aliphatic heterocycles. The Balaban J connectivity index is 1.65. The second-order valence-electron chi connectivity index (χ2n) is 6.20. The molecule has 20 heavy (non-hydrogen) atoms. The van der Waals surface area contributed by atoms with Gasteiger partial charge in [-0.1, -0.05) is 0 Å². The minimum Gasteiger partial charge on any atom is -0.449 e. The lowest BCUT2D eigenvalue weighted by Gasteiger charge is -2.32. The molecule has 1 saturated heterocycles. The molecule has 0 radical (unpaired) electrons. The summed E-state index contributed by atoms with van der Waals surface area (Å²) in [6, 6.07) is 0. The molecule has 0 unspecified atom stereocenters. The molecule has 5 nitrogen and oxygen atoms in total. The summed E-state index contributed by atoms with van der Waals surface area (Å²) in [5.74, 6) is 0.972. The number of ketones is 1. The first-order valence-electron chi connectivity index (χ1n) is 7.67. The molecule has 2 aliphatic rings. The van der Waals surface area contributed by atoms with E-state index >= 15 is 0 Å². The molecule has 0 spiro atoms. The fourth-order valence-electron chi connectivity index (χ4n) is 3.01. The van der Waals surface area contributed by atoms with Crippen LogP contribution in [0.1, 0.15) is 32.6 Å². The van der Waals surface area contributed by atoms with Gasteiger partial charge in [-0.2, -0.15) is 0 Å². The monoisotopic (exact) mass is 282 g/mol. The van der Waals surface area contributed by atoms with Gasteiger partial charge in [-0.15, -0.1) is 0 Å². The van der Waals surface area contributed by atoms with Crippen LogP contribution in [0.5, 0.6) is 0 Å². The molecule has 0 atom stereocenters. The van der Waals surface area contributed by atoms with Gasteiger partial charge in [0.2, 0.25) is 0 Å². The number of piperazine rings is 1. The minimum atomic E-state index is -0.174. The SMILES string of the molecule is CC(=O)C1CCC(COC(=O)N2CCN(C)CC2)CC1. The van der Waals surface area contributed by atoms with Gasteiger partial charge in [-0.05, 0) is 45.6 Å². The van der Waals surface area contributed by atoms with Crippen molar-refractivity contribution in [3.63, 3.8) is 0 Å². The number of amides is 1. The van der Waals surface area contributed by atoms with Gasteiger partial charge in [0.1, 0.15) is 5.78 Å². The van der Waals surface area contributed by atoms with Crippen LogP contribution in [0.4, 0.5) is 4.79 Å². The Kier molecular flexibility index (Phi) is 5.40. The van der Waals surface area contributed by atoms with Gasteiger partial charge in [0.05, 0.1) is 6.61 Å². The third kappa shape index (κ3) is 4.20.